The molecule has 0 spiro atoms. The number of thioether (sulfide) groups is 1. The highest BCUT2D eigenvalue weighted by Crippen LogP contribution is 2.28. The van der Waals surface area contributed by atoms with Crippen LogP contribution in [0.2, 0.25) is 0 Å². The van der Waals surface area contributed by atoms with Crippen LogP contribution in [-0.4, -0.2) is 9.55 Å². The Hall–Kier alpha value is -1.42. The van der Waals surface area contributed by atoms with E-state index in [1.807, 2.05) is 18.6 Å². The average Bonchev–Trinajstić information content (AvgIpc) is 2.76. The number of benzene rings is 1. The highest BCUT2D eigenvalue weighted by molar-refractivity contribution is 7.98. The first-order valence-corrected chi connectivity index (χ1v) is 7.17. The number of aryl methyl sites for hydroxylation is 2. The van der Waals surface area contributed by atoms with Gasteiger partial charge in [-0.3, -0.25) is 0 Å². The molecule has 0 saturated heterocycles. The molecule has 0 atom stereocenters. The van der Waals surface area contributed by atoms with Gasteiger partial charge in [-0.25, -0.2) is 4.98 Å². The summed E-state index contributed by atoms with van der Waals surface area (Å²) in [4.78, 5) is 5.35. The van der Waals surface area contributed by atoms with Crippen molar-refractivity contribution in [2.75, 3.05) is 5.73 Å². The molecule has 0 aliphatic carbocycles. The lowest BCUT2D eigenvalue weighted by atomic mass is 10.2. The van der Waals surface area contributed by atoms with Crippen LogP contribution >= 0.6 is 11.8 Å². The molecule has 2 rings (SSSR count). The fourth-order valence-electron chi connectivity index (χ4n) is 1.86. The standard InChI is InChI=1S/C14H19N3S/c1-3-6-17-10-16-8-12(17)9-18-14-5-4-11(2)7-13(14)15/h4-5,7-8,10H,3,6,9,15H2,1-2H3. The summed E-state index contributed by atoms with van der Waals surface area (Å²) >= 11 is 1.77. The van der Waals surface area contributed by atoms with Crippen LogP contribution in [-0.2, 0) is 12.3 Å². The summed E-state index contributed by atoms with van der Waals surface area (Å²) in [6.07, 6.45) is 4.96. The molecule has 1 aromatic heterocycles. The second-order valence-corrected chi connectivity index (χ2v) is 5.43. The third-order valence-corrected chi connectivity index (χ3v) is 3.93. The quantitative estimate of drug-likeness (QED) is 0.662. The largest absolute Gasteiger partial charge is 0.398 e. The molecule has 0 saturated carbocycles. The Labute approximate surface area is 112 Å². The molecule has 1 aromatic carbocycles. The minimum absolute atomic E-state index is 0.863. The molecule has 0 fully saturated rings. The molecular weight excluding hydrogens is 242 g/mol. The Balaban J connectivity index is 2.04. The van der Waals surface area contributed by atoms with E-state index in [9.17, 15) is 0 Å². The Bertz CT molecular complexity index is 520. The van der Waals surface area contributed by atoms with E-state index in [-0.39, 0.29) is 0 Å². The van der Waals surface area contributed by atoms with Gasteiger partial charge in [-0.05, 0) is 31.0 Å². The molecule has 4 heteroatoms. The van der Waals surface area contributed by atoms with Gasteiger partial charge in [0.1, 0.15) is 0 Å². The van der Waals surface area contributed by atoms with Crippen molar-refractivity contribution < 1.29 is 0 Å². The maximum absolute atomic E-state index is 6.01. The summed E-state index contributed by atoms with van der Waals surface area (Å²) in [7, 11) is 0. The Kier molecular flexibility index (Phi) is 4.31. The lowest BCUT2D eigenvalue weighted by Gasteiger charge is -2.08. The zero-order valence-corrected chi connectivity index (χ0v) is 11.7. The lowest BCUT2D eigenvalue weighted by molar-refractivity contribution is 0.659. The normalized spacial score (nSPS) is 10.8. The predicted molar refractivity (Wildman–Crippen MR) is 77.7 cm³/mol. The van der Waals surface area contributed by atoms with Gasteiger partial charge in [-0.1, -0.05) is 13.0 Å². The van der Waals surface area contributed by atoms with Crippen molar-refractivity contribution in [3.63, 3.8) is 0 Å². The summed E-state index contributed by atoms with van der Waals surface area (Å²) in [6, 6.07) is 6.21. The van der Waals surface area contributed by atoms with E-state index in [1.54, 1.807) is 11.8 Å². The van der Waals surface area contributed by atoms with E-state index < -0.39 is 0 Å². The summed E-state index contributed by atoms with van der Waals surface area (Å²) < 4.78 is 2.21. The van der Waals surface area contributed by atoms with Gasteiger partial charge in [0.15, 0.2) is 0 Å². The van der Waals surface area contributed by atoms with Crippen LogP contribution < -0.4 is 5.73 Å². The van der Waals surface area contributed by atoms with Gasteiger partial charge in [-0.15, -0.1) is 11.8 Å². The van der Waals surface area contributed by atoms with Crippen molar-refractivity contribution in [1.29, 1.82) is 0 Å². The number of nitrogens with two attached hydrogens (primary N) is 1. The van der Waals surface area contributed by atoms with Crippen LogP contribution in [0.15, 0.2) is 35.6 Å². The van der Waals surface area contributed by atoms with E-state index in [2.05, 4.69) is 35.5 Å². The van der Waals surface area contributed by atoms with E-state index in [0.29, 0.717) is 0 Å². The average molecular weight is 261 g/mol. The van der Waals surface area contributed by atoms with Crippen molar-refractivity contribution in [1.82, 2.24) is 9.55 Å². The number of imidazole rings is 1. The van der Waals surface area contributed by atoms with Crippen LogP contribution in [0.1, 0.15) is 24.6 Å². The topological polar surface area (TPSA) is 43.8 Å². The van der Waals surface area contributed by atoms with Crippen molar-refractivity contribution in [3.8, 4) is 0 Å². The van der Waals surface area contributed by atoms with Crippen LogP contribution in [0.5, 0.6) is 0 Å². The minimum Gasteiger partial charge on any atom is -0.398 e. The number of hydrogen-bond acceptors (Lipinski definition) is 3. The SMILES string of the molecule is CCCn1cncc1CSc1ccc(C)cc1N. The van der Waals surface area contributed by atoms with Crippen molar-refractivity contribution in [3.05, 3.63) is 42.0 Å². The second-order valence-electron chi connectivity index (χ2n) is 4.41. The molecule has 2 aromatic rings. The molecule has 0 bridgehead atoms. The highest BCUT2D eigenvalue weighted by Gasteiger charge is 2.04. The lowest BCUT2D eigenvalue weighted by Crippen LogP contribution is -1.99. The number of aromatic nitrogens is 2. The first-order valence-electron chi connectivity index (χ1n) is 6.18. The van der Waals surface area contributed by atoms with E-state index >= 15 is 0 Å². The number of anilines is 1. The maximum atomic E-state index is 6.01. The van der Waals surface area contributed by atoms with Gasteiger partial charge in [0.05, 0.1) is 6.33 Å². The summed E-state index contributed by atoms with van der Waals surface area (Å²) in [5.41, 5.74) is 9.33. The number of hydrogen-bond donors (Lipinski definition) is 1. The monoisotopic (exact) mass is 261 g/mol. The summed E-state index contributed by atoms with van der Waals surface area (Å²) in [6.45, 7) is 5.26. The first kappa shape index (κ1) is 13.0. The molecule has 18 heavy (non-hydrogen) atoms. The zero-order chi connectivity index (χ0) is 13.0. The van der Waals surface area contributed by atoms with E-state index in [0.717, 1.165) is 29.3 Å². The Morgan fingerprint density at radius 2 is 2.22 bits per heavy atom. The van der Waals surface area contributed by atoms with Gasteiger partial charge >= 0.3 is 0 Å². The van der Waals surface area contributed by atoms with Gasteiger partial charge in [0, 0.05) is 34.8 Å². The summed E-state index contributed by atoms with van der Waals surface area (Å²) in [5.74, 6) is 0.910. The highest BCUT2D eigenvalue weighted by atomic mass is 32.2. The number of rotatable bonds is 5. The minimum atomic E-state index is 0.863. The van der Waals surface area contributed by atoms with Gasteiger partial charge in [-0.2, -0.15) is 0 Å². The third-order valence-electron chi connectivity index (χ3n) is 2.80. The number of nitrogen functional groups attached to an aromatic ring is 1. The smallest absolute Gasteiger partial charge is 0.0948 e. The summed E-state index contributed by atoms with van der Waals surface area (Å²) in [5, 5.41) is 0. The van der Waals surface area contributed by atoms with Crippen LogP contribution in [0.3, 0.4) is 0 Å². The van der Waals surface area contributed by atoms with Crippen LogP contribution in [0.4, 0.5) is 5.69 Å². The van der Waals surface area contributed by atoms with E-state index in [1.165, 1.54) is 11.3 Å². The first-order chi connectivity index (χ1) is 8.70. The molecule has 1 heterocycles. The van der Waals surface area contributed by atoms with Gasteiger partial charge < -0.3 is 10.3 Å². The zero-order valence-electron chi connectivity index (χ0n) is 10.9. The van der Waals surface area contributed by atoms with Crippen molar-refractivity contribution >= 4 is 17.4 Å². The molecule has 0 amide bonds. The van der Waals surface area contributed by atoms with Crippen molar-refractivity contribution in [2.24, 2.45) is 0 Å². The molecule has 3 nitrogen and oxygen atoms in total. The fourth-order valence-corrected chi connectivity index (χ4v) is 2.80. The molecule has 0 unspecified atom stereocenters. The van der Waals surface area contributed by atoms with Crippen LogP contribution in [0, 0.1) is 6.92 Å². The molecule has 96 valence electrons. The van der Waals surface area contributed by atoms with Crippen molar-refractivity contribution in [2.45, 2.75) is 37.5 Å². The maximum Gasteiger partial charge on any atom is 0.0948 e. The van der Waals surface area contributed by atoms with Crippen LogP contribution in [0.25, 0.3) is 0 Å². The molecule has 0 aliphatic heterocycles. The second kappa shape index (κ2) is 5.96. The van der Waals surface area contributed by atoms with E-state index in [4.69, 9.17) is 5.73 Å². The molecular formula is C14H19N3S. The fraction of sp³-hybridized carbons (Fsp3) is 0.357. The van der Waals surface area contributed by atoms with Gasteiger partial charge in [0.2, 0.25) is 0 Å². The van der Waals surface area contributed by atoms with Gasteiger partial charge in [0.25, 0.3) is 0 Å². The molecule has 0 radical (unpaired) electrons. The molecule has 0 aliphatic rings. The Morgan fingerprint density at radius 3 is 2.94 bits per heavy atom. The molecule has 2 N–H and O–H groups in total. The predicted octanol–water partition coefficient (Wildman–Crippen LogP) is 3.48. The Morgan fingerprint density at radius 1 is 1.39 bits per heavy atom. The third kappa shape index (κ3) is 3.07. The number of nitrogens with zero attached hydrogens (tertiary/aromatic N) is 2.